The Hall–Kier alpha value is -0.510. The molecule has 120 valence electrons. The molecule has 0 radical (unpaired) electrons. The smallest absolute Gasteiger partial charge is 0.250 e. The average molecular weight is 332 g/mol. The zero-order valence-electron chi connectivity index (χ0n) is 12.8. The van der Waals surface area contributed by atoms with Crippen LogP contribution in [0.2, 0.25) is 0 Å². The van der Waals surface area contributed by atoms with Gasteiger partial charge in [0.1, 0.15) is 4.21 Å². The third-order valence-electron chi connectivity index (χ3n) is 3.94. The molecule has 0 aliphatic carbocycles. The zero-order chi connectivity index (χ0) is 15.6. The second kappa shape index (κ2) is 6.72. The third kappa shape index (κ3) is 4.02. The van der Waals surface area contributed by atoms with Crippen molar-refractivity contribution in [3.05, 3.63) is 16.5 Å². The minimum absolute atomic E-state index is 0.202. The van der Waals surface area contributed by atoms with E-state index in [4.69, 9.17) is 5.73 Å². The van der Waals surface area contributed by atoms with Gasteiger partial charge in [0, 0.05) is 43.6 Å². The van der Waals surface area contributed by atoms with Gasteiger partial charge < -0.3 is 10.6 Å². The van der Waals surface area contributed by atoms with Crippen LogP contribution in [0, 0.1) is 6.92 Å². The molecule has 1 saturated heterocycles. The molecule has 1 aliphatic heterocycles. The fraction of sp³-hybridized carbons (Fsp3) is 0.692. The van der Waals surface area contributed by atoms with Crippen LogP contribution >= 0.6 is 11.3 Å². The number of nitrogens with two attached hydrogens (primary N) is 1. The summed E-state index contributed by atoms with van der Waals surface area (Å²) in [6.45, 7) is 5.54. The number of nitrogens with one attached hydrogen (secondary N) is 1. The molecule has 1 aliphatic rings. The monoisotopic (exact) mass is 332 g/mol. The van der Waals surface area contributed by atoms with E-state index in [2.05, 4.69) is 21.6 Å². The lowest BCUT2D eigenvalue weighted by atomic mass is 10.2. The van der Waals surface area contributed by atoms with E-state index >= 15 is 0 Å². The predicted octanol–water partition coefficient (Wildman–Crippen LogP) is 0.0393. The summed E-state index contributed by atoms with van der Waals surface area (Å²) in [5.41, 5.74) is 6.56. The van der Waals surface area contributed by atoms with E-state index in [0.717, 1.165) is 30.1 Å². The fourth-order valence-electron chi connectivity index (χ4n) is 2.42. The molecular weight excluding hydrogens is 308 g/mol. The van der Waals surface area contributed by atoms with Crippen molar-refractivity contribution < 1.29 is 8.42 Å². The Morgan fingerprint density at radius 3 is 2.76 bits per heavy atom. The van der Waals surface area contributed by atoms with Crippen molar-refractivity contribution in [2.75, 3.05) is 40.3 Å². The first-order valence-corrected chi connectivity index (χ1v) is 9.31. The molecule has 1 aromatic rings. The topological polar surface area (TPSA) is 78.7 Å². The van der Waals surface area contributed by atoms with E-state index in [9.17, 15) is 8.42 Å². The van der Waals surface area contributed by atoms with Crippen LogP contribution in [0.1, 0.15) is 10.4 Å². The van der Waals surface area contributed by atoms with E-state index in [1.165, 1.54) is 11.3 Å². The minimum atomic E-state index is -3.44. The van der Waals surface area contributed by atoms with Crippen molar-refractivity contribution >= 4 is 21.4 Å². The second-order valence-corrected chi connectivity index (χ2v) is 8.75. The van der Waals surface area contributed by atoms with Crippen LogP contribution < -0.4 is 10.5 Å². The van der Waals surface area contributed by atoms with Gasteiger partial charge in [0.2, 0.25) is 10.0 Å². The van der Waals surface area contributed by atoms with Crippen LogP contribution in [0.5, 0.6) is 0 Å². The second-order valence-electron chi connectivity index (χ2n) is 5.62. The Kier molecular flexibility index (Phi) is 5.39. The van der Waals surface area contributed by atoms with Crippen molar-refractivity contribution in [3.63, 3.8) is 0 Å². The lowest BCUT2D eigenvalue weighted by molar-refractivity contribution is 0.117. The summed E-state index contributed by atoms with van der Waals surface area (Å²) in [5.74, 6) is 0. The third-order valence-corrected chi connectivity index (χ3v) is 7.09. The molecule has 1 aromatic heterocycles. The summed E-state index contributed by atoms with van der Waals surface area (Å²) < 4.78 is 27.8. The van der Waals surface area contributed by atoms with Gasteiger partial charge >= 0.3 is 0 Å². The highest BCUT2D eigenvalue weighted by Crippen LogP contribution is 2.25. The van der Waals surface area contributed by atoms with E-state index in [1.54, 1.807) is 6.07 Å². The molecule has 21 heavy (non-hydrogen) atoms. The highest BCUT2D eigenvalue weighted by atomic mass is 32.2. The average Bonchev–Trinajstić information content (AvgIpc) is 2.82. The van der Waals surface area contributed by atoms with E-state index < -0.39 is 10.0 Å². The van der Waals surface area contributed by atoms with Crippen molar-refractivity contribution in [2.45, 2.75) is 23.7 Å². The SMILES string of the molecule is Cc1cc(S(=O)(=O)NCC2CN(C)CCN2C)sc1CN. The van der Waals surface area contributed by atoms with Gasteiger partial charge in [-0.05, 0) is 32.6 Å². The summed E-state index contributed by atoms with van der Waals surface area (Å²) in [6, 6.07) is 1.90. The van der Waals surface area contributed by atoms with Gasteiger partial charge in [0.25, 0.3) is 0 Å². The molecule has 2 rings (SSSR count). The van der Waals surface area contributed by atoms with E-state index in [0.29, 0.717) is 17.3 Å². The maximum atomic E-state index is 12.4. The Morgan fingerprint density at radius 1 is 1.43 bits per heavy atom. The molecule has 0 amide bonds. The Bertz CT molecular complexity index is 585. The van der Waals surface area contributed by atoms with Gasteiger partial charge in [-0.15, -0.1) is 11.3 Å². The highest BCUT2D eigenvalue weighted by Gasteiger charge is 2.25. The van der Waals surface area contributed by atoms with E-state index in [-0.39, 0.29) is 6.04 Å². The van der Waals surface area contributed by atoms with Crippen LogP contribution in [0.15, 0.2) is 10.3 Å². The molecule has 0 aromatic carbocycles. The van der Waals surface area contributed by atoms with Crippen molar-refractivity contribution in [1.82, 2.24) is 14.5 Å². The molecule has 0 bridgehead atoms. The summed E-state index contributed by atoms with van der Waals surface area (Å²) in [6.07, 6.45) is 0. The molecular formula is C13H24N4O2S2. The number of hydrogen-bond donors (Lipinski definition) is 2. The zero-order valence-corrected chi connectivity index (χ0v) is 14.4. The van der Waals surface area contributed by atoms with E-state index in [1.807, 2.05) is 14.0 Å². The first kappa shape index (κ1) is 16.9. The molecule has 0 spiro atoms. The van der Waals surface area contributed by atoms with Crippen LogP contribution in [-0.4, -0.2) is 64.5 Å². The molecule has 1 atom stereocenters. The van der Waals surface area contributed by atoms with Crippen LogP contribution in [0.3, 0.4) is 0 Å². The molecule has 2 heterocycles. The first-order chi connectivity index (χ1) is 9.83. The quantitative estimate of drug-likeness (QED) is 0.796. The largest absolute Gasteiger partial charge is 0.326 e. The minimum Gasteiger partial charge on any atom is -0.326 e. The van der Waals surface area contributed by atoms with Crippen LogP contribution in [-0.2, 0) is 16.6 Å². The van der Waals surface area contributed by atoms with Gasteiger partial charge in [0.15, 0.2) is 0 Å². The van der Waals surface area contributed by atoms with Crippen LogP contribution in [0.25, 0.3) is 0 Å². The molecule has 6 nitrogen and oxygen atoms in total. The maximum Gasteiger partial charge on any atom is 0.250 e. The number of thiophene rings is 1. The molecule has 1 fully saturated rings. The normalized spacial score (nSPS) is 21.8. The Morgan fingerprint density at radius 2 is 2.14 bits per heavy atom. The van der Waals surface area contributed by atoms with Gasteiger partial charge in [-0.2, -0.15) is 0 Å². The van der Waals surface area contributed by atoms with Crippen molar-refractivity contribution in [1.29, 1.82) is 0 Å². The van der Waals surface area contributed by atoms with Gasteiger partial charge in [-0.25, -0.2) is 13.1 Å². The van der Waals surface area contributed by atoms with Crippen molar-refractivity contribution in [2.24, 2.45) is 5.73 Å². The number of piperazine rings is 1. The lowest BCUT2D eigenvalue weighted by Crippen LogP contribution is -2.54. The summed E-state index contributed by atoms with van der Waals surface area (Å²) in [4.78, 5) is 5.35. The summed E-state index contributed by atoms with van der Waals surface area (Å²) in [7, 11) is 0.651. The number of likely N-dealkylation sites (N-methyl/N-ethyl adjacent to an activating group) is 2. The lowest BCUT2D eigenvalue weighted by Gasteiger charge is -2.37. The predicted molar refractivity (Wildman–Crippen MR) is 86.1 cm³/mol. The molecule has 0 saturated carbocycles. The first-order valence-electron chi connectivity index (χ1n) is 7.01. The standard InChI is InChI=1S/C13H24N4O2S2/c1-10-6-13(20-12(10)7-14)21(18,19)15-8-11-9-16(2)4-5-17(11)3/h6,11,15H,4-5,7-9,14H2,1-3H3. The molecule has 3 N–H and O–H groups in total. The fourth-order valence-corrected chi connectivity index (χ4v) is 5.01. The molecule has 8 heteroatoms. The number of aryl methyl sites for hydroxylation is 1. The number of rotatable bonds is 5. The maximum absolute atomic E-state index is 12.4. The van der Waals surface area contributed by atoms with Gasteiger partial charge in [-0.1, -0.05) is 0 Å². The Labute approximate surface area is 131 Å². The van der Waals surface area contributed by atoms with Crippen LogP contribution in [0.4, 0.5) is 0 Å². The summed E-state index contributed by atoms with van der Waals surface area (Å²) >= 11 is 1.25. The van der Waals surface area contributed by atoms with Crippen molar-refractivity contribution in [3.8, 4) is 0 Å². The number of hydrogen-bond acceptors (Lipinski definition) is 6. The summed E-state index contributed by atoms with van der Waals surface area (Å²) in [5, 5.41) is 0. The molecule has 1 unspecified atom stereocenters. The highest BCUT2D eigenvalue weighted by molar-refractivity contribution is 7.91. The van der Waals surface area contributed by atoms with Gasteiger partial charge in [-0.3, -0.25) is 4.90 Å². The Balaban J connectivity index is 2.03. The number of nitrogens with zero attached hydrogens (tertiary/aromatic N) is 2. The van der Waals surface area contributed by atoms with Gasteiger partial charge in [0.05, 0.1) is 0 Å². The number of sulfonamides is 1.